The third-order valence-corrected chi connectivity index (χ3v) is 2.62. The minimum atomic E-state index is -1.24. The van der Waals surface area contributed by atoms with E-state index in [4.69, 9.17) is 0 Å². The normalized spacial score (nSPS) is 8.57. The van der Waals surface area contributed by atoms with Crippen molar-refractivity contribution in [2.45, 2.75) is 0 Å². The predicted octanol–water partition coefficient (Wildman–Crippen LogP) is -2.05. The molecule has 28 heavy (non-hydrogen) atoms. The van der Waals surface area contributed by atoms with E-state index >= 15 is 0 Å². The predicted molar refractivity (Wildman–Crippen MR) is 91.5 cm³/mol. The number of aromatic carboxylic acids is 3. The molecular weight excluding hydrogens is 563 g/mol. The molecule has 0 N–H and O–H groups in total. The fraction of sp³-hybridized carbons (Fsp3) is 0. The quantitative estimate of drug-likeness (QED) is 0.321. The van der Waals surface area contributed by atoms with Gasteiger partial charge in [-0.25, -0.2) is 0 Å². The van der Waals surface area contributed by atoms with Gasteiger partial charge in [0.05, 0.1) is 35.0 Å². The minimum absolute atomic E-state index is 0. The summed E-state index contributed by atoms with van der Waals surface area (Å²) in [5.74, 6) is -3.72. The summed E-state index contributed by atoms with van der Waals surface area (Å²) in [5, 5.41) is 30.1. The van der Waals surface area contributed by atoms with Gasteiger partial charge in [0.25, 0.3) is 0 Å². The zero-order chi connectivity index (χ0) is 20.1. The van der Waals surface area contributed by atoms with Crippen LogP contribution in [0.25, 0.3) is 0 Å². The number of carboxylic acid groups (broad SMARTS) is 3. The Morgan fingerprint density at radius 1 is 0.536 bits per heavy atom. The molecule has 0 aliphatic carbocycles. The Labute approximate surface area is 178 Å². The molecule has 0 aliphatic rings. The molecule has 0 spiro atoms. The molecule has 0 aromatic carbocycles. The van der Waals surface area contributed by atoms with Crippen molar-refractivity contribution in [1.29, 1.82) is 0 Å². The second-order valence-corrected chi connectivity index (χ2v) is 4.51. The molecule has 3 aromatic rings. The average Bonchev–Trinajstić information content (AvgIpc) is 2.71. The molecule has 0 saturated heterocycles. The van der Waals surface area contributed by atoms with Gasteiger partial charge in [0, 0.05) is 18.6 Å². The molecule has 0 amide bonds. The number of rotatable bonds is 3. The van der Waals surface area contributed by atoms with Crippen LogP contribution in [0.2, 0.25) is 0 Å². The molecule has 0 aliphatic heterocycles. The number of carbonyl (C=O) groups excluding carboxylic acids is 3. The van der Waals surface area contributed by atoms with Crippen molar-refractivity contribution in [3.8, 4) is 0 Å². The third kappa shape index (κ3) is 10.0. The Balaban J connectivity index is 0.000000384. The first-order valence-corrected chi connectivity index (χ1v) is 7.29. The molecule has 140 valence electrons. The maximum atomic E-state index is 10.0. The van der Waals surface area contributed by atoms with Crippen molar-refractivity contribution in [3.05, 3.63) is 90.3 Å². The zero-order valence-corrected chi connectivity index (χ0v) is 17.6. The summed E-state index contributed by atoms with van der Waals surface area (Å²) in [6.07, 6.45) is 4.22. The van der Waals surface area contributed by atoms with E-state index in [1.165, 1.54) is 36.8 Å². The summed E-state index contributed by atoms with van der Waals surface area (Å²) in [5.41, 5.74) is -0.0903. The molecule has 3 rings (SSSR count). The van der Waals surface area contributed by atoms with E-state index in [1.807, 2.05) is 0 Å². The van der Waals surface area contributed by atoms with Gasteiger partial charge in [-0.2, -0.15) is 0 Å². The summed E-state index contributed by atoms with van der Waals surface area (Å²) in [6, 6.07) is 13.9. The van der Waals surface area contributed by atoms with Crippen LogP contribution in [0.1, 0.15) is 31.5 Å². The Hall–Kier alpha value is -3.26. The maximum Gasteiger partial charge on any atom is 3.00 e. The second-order valence-electron chi connectivity index (χ2n) is 4.51. The van der Waals surface area contributed by atoms with Crippen LogP contribution in [0.4, 0.5) is 0 Å². The molecule has 3 aromatic heterocycles. The molecule has 2 radical (unpaired) electrons. The third-order valence-electron chi connectivity index (χ3n) is 2.62. The Bertz CT molecular complexity index is 747. The Morgan fingerprint density at radius 2 is 0.786 bits per heavy atom. The van der Waals surface area contributed by atoms with Crippen LogP contribution in [0.3, 0.4) is 0 Å². The number of hydrogen-bond donors (Lipinski definition) is 0. The maximum absolute atomic E-state index is 10.0. The molecule has 0 bridgehead atoms. The smallest absolute Gasteiger partial charge is 0.543 e. The molecule has 0 unspecified atom stereocenters. The van der Waals surface area contributed by atoms with Crippen LogP contribution in [0.5, 0.6) is 0 Å². The molecule has 0 fully saturated rings. The first-order valence-electron chi connectivity index (χ1n) is 7.29. The van der Waals surface area contributed by atoms with E-state index < -0.39 is 17.9 Å². The van der Waals surface area contributed by atoms with Crippen LogP contribution >= 0.6 is 0 Å². The molecule has 10 heteroatoms. The first-order chi connectivity index (χ1) is 12.9. The zero-order valence-electron chi connectivity index (χ0n) is 14.2. The van der Waals surface area contributed by atoms with Crippen molar-refractivity contribution in [3.63, 3.8) is 0 Å². The molecule has 9 nitrogen and oxygen atoms in total. The van der Waals surface area contributed by atoms with E-state index in [0.717, 1.165) is 0 Å². The standard InChI is InChI=1S/3C6H5NO2.Bi/c3*8-6(9)5-3-1-2-4-7-5;/h3*1-4H,(H,8,9);/q;;;+3/p-3. The largest absolute Gasteiger partial charge is 3.00 e. The Morgan fingerprint density at radius 3 is 0.893 bits per heavy atom. The fourth-order valence-electron chi connectivity index (χ4n) is 1.45. The van der Waals surface area contributed by atoms with Crippen LogP contribution in [-0.2, 0) is 0 Å². The van der Waals surface area contributed by atoms with Crippen molar-refractivity contribution >= 4 is 44.1 Å². The summed E-state index contributed by atoms with van der Waals surface area (Å²) < 4.78 is 0. The van der Waals surface area contributed by atoms with Gasteiger partial charge in [-0.1, -0.05) is 18.2 Å². The average molecular weight is 575 g/mol. The number of carbonyl (C=O) groups is 3. The van der Waals surface area contributed by atoms with Gasteiger partial charge < -0.3 is 29.7 Å². The van der Waals surface area contributed by atoms with Crippen LogP contribution < -0.4 is 15.3 Å². The van der Waals surface area contributed by atoms with Gasteiger partial charge in [-0.15, -0.1) is 0 Å². The fourth-order valence-corrected chi connectivity index (χ4v) is 1.45. The Kier molecular flexibility index (Phi) is 12.3. The number of nitrogens with zero attached hydrogens (tertiary/aromatic N) is 3. The van der Waals surface area contributed by atoms with E-state index in [9.17, 15) is 29.7 Å². The molecule has 0 atom stereocenters. The van der Waals surface area contributed by atoms with Gasteiger partial charge in [0.2, 0.25) is 0 Å². The van der Waals surface area contributed by atoms with Gasteiger partial charge in [-0.05, 0) is 36.4 Å². The van der Waals surface area contributed by atoms with E-state index in [-0.39, 0.29) is 43.3 Å². The van der Waals surface area contributed by atoms with E-state index in [2.05, 4.69) is 15.0 Å². The molecule has 3 heterocycles. The number of aromatic nitrogens is 3. The minimum Gasteiger partial charge on any atom is -0.543 e. The van der Waals surface area contributed by atoms with Crippen molar-refractivity contribution in [2.24, 2.45) is 0 Å². The number of hydrogen-bond acceptors (Lipinski definition) is 9. The SMILES string of the molecule is O=C([O-])c1ccccn1.O=C([O-])c1ccccn1.O=C([O-])c1ccccn1.[Bi+3]. The molecular formula is C18H12BiN3O6. The van der Waals surface area contributed by atoms with Gasteiger partial charge in [0.15, 0.2) is 0 Å². The van der Waals surface area contributed by atoms with Crippen LogP contribution in [0.15, 0.2) is 73.2 Å². The van der Waals surface area contributed by atoms with Gasteiger partial charge >= 0.3 is 26.2 Å². The van der Waals surface area contributed by atoms with E-state index in [0.29, 0.717) is 0 Å². The summed E-state index contributed by atoms with van der Waals surface area (Å²) in [7, 11) is 0. The van der Waals surface area contributed by atoms with Crippen molar-refractivity contribution < 1.29 is 29.7 Å². The monoisotopic (exact) mass is 575 g/mol. The van der Waals surface area contributed by atoms with Gasteiger partial charge in [-0.3, -0.25) is 15.0 Å². The summed E-state index contributed by atoms with van der Waals surface area (Å²) in [6.45, 7) is 0. The first kappa shape index (κ1) is 24.7. The van der Waals surface area contributed by atoms with Crippen LogP contribution in [0, 0.1) is 0 Å². The van der Waals surface area contributed by atoms with Crippen molar-refractivity contribution in [1.82, 2.24) is 15.0 Å². The number of carboxylic acids is 3. The summed E-state index contributed by atoms with van der Waals surface area (Å²) in [4.78, 5) is 40.6. The molecule has 0 saturated carbocycles. The number of pyridine rings is 3. The summed E-state index contributed by atoms with van der Waals surface area (Å²) >= 11 is 0. The van der Waals surface area contributed by atoms with Crippen LogP contribution in [-0.4, -0.2) is 59.1 Å². The van der Waals surface area contributed by atoms with Crippen molar-refractivity contribution in [2.75, 3.05) is 0 Å². The van der Waals surface area contributed by atoms with E-state index in [1.54, 1.807) is 36.4 Å². The second kappa shape index (κ2) is 13.9. The van der Waals surface area contributed by atoms with Gasteiger partial charge in [0.1, 0.15) is 0 Å². The topological polar surface area (TPSA) is 159 Å².